The van der Waals surface area contributed by atoms with Crippen molar-refractivity contribution in [1.29, 1.82) is 0 Å². The highest BCUT2D eigenvalue weighted by Gasteiger charge is 2.19. The molecule has 4 nitrogen and oxygen atoms in total. The molecule has 1 aromatic rings. The molecule has 1 unspecified atom stereocenters. The van der Waals surface area contributed by atoms with Crippen LogP contribution in [0.1, 0.15) is 32.3 Å². The second kappa shape index (κ2) is 10.4. The van der Waals surface area contributed by atoms with Gasteiger partial charge in [-0.25, -0.2) is 0 Å². The molecule has 0 aliphatic heterocycles. The van der Waals surface area contributed by atoms with Gasteiger partial charge in [-0.3, -0.25) is 4.79 Å². The molecule has 0 aliphatic carbocycles. The van der Waals surface area contributed by atoms with Gasteiger partial charge in [0, 0.05) is 19.3 Å². The van der Waals surface area contributed by atoms with Crippen molar-refractivity contribution in [1.82, 2.24) is 5.32 Å². The Morgan fingerprint density at radius 2 is 1.90 bits per heavy atom. The summed E-state index contributed by atoms with van der Waals surface area (Å²) >= 11 is 0. The summed E-state index contributed by atoms with van der Waals surface area (Å²) in [5.74, 6) is -0.225. The molecule has 1 atom stereocenters. The molecule has 0 spiro atoms. The first-order chi connectivity index (χ1) is 10.1. The second-order valence-electron chi connectivity index (χ2n) is 5.39. The fourth-order valence-electron chi connectivity index (χ4n) is 2.14. The molecular formula is C17H27NO3. The molecule has 1 rings (SSSR count). The summed E-state index contributed by atoms with van der Waals surface area (Å²) in [4.78, 5) is 11.6. The normalized spacial score (nSPS) is 12.4. The van der Waals surface area contributed by atoms with Crippen LogP contribution in [0.3, 0.4) is 0 Å². The Morgan fingerprint density at radius 3 is 2.52 bits per heavy atom. The maximum Gasteiger partial charge on any atom is 0.322 e. The Labute approximate surface area is 127 Å². The average Bonchev–Trinajstić information content (AvgIpc) is 2.49. The first kappa shape index (κ1) is 17.7. The van der Waals surface area contributed by atoms with E-state index in [-0.39, 0.29) is 18.1 Å². The van der Waals surface area contributed by atoms with Crippen LogP contribution in [0, 0.1) is 0 Å². The second-order valence-corrected chi connectivity index (χ2v) is 5.39. The molecule has 0 radical (unpaired) electrons. The predicted octanol–water partition coefficient (Wildman–Crippen LogP) is 2.57. The largest absolute Gasteiger partial charge is 0.468 e. The third kappa shape index (κ3) is 7.83. The number of carbonyl (C=O) groups is 1. The van der Waals surface area contributed by atoms with Gasteiger partial charge in [-0.2, -0.15) is 0 Å². The van der Waals surface area contributed by atoms with Gasteiger partial charge in [-0.05, 0) is 24.8 Å². The van der Waals surface area contributed by atoms with Crippen molar-refractivity contribution < 1.29 is 14.3 Å². The minimum absolute atomic E-state index is 0.225. The van der Waals surface area contributed by atoms with Gasteiger partial charge in [0.1, 0.15) is 6.04 Å². The summed E-state index contributed by atoms with van der Waals surface area (Å²) in [6.45, 7) is 5.30. The number of aryl methyl sites for hydroxylation is 1. The molecule has 0 bridgehead atoms. The van der Waals surface area contributed by atoms with E-state index in [0.29, 0.717) is 19.6 Å². The van der Waals surface area contributed by atoms with E-state index >= 15 is 0 Å². The van der Waals surface area contributed by atoms with Crippen molar-refractivity contribution in [2.24, 2.45) is 0 Å². The average molecular weight is 293 g/mol. The zero-order valence-electron chi connectivity index (χ0n) is 13.3. The van der Waals surface area contributed by atoms with Gasteiger partial charge in [-0.1, -0.05) is 44.2 Å². The molecular weight excluding hydrogens is 266 g/mol. The lowest BCUT2D eigenvalue weighted by Crippen LogP contribution is -2.42. The number of nitrogens with one attached hydrogen (secondary N) is 1. The van der Waals surface area contributed by atoms with Crippen LogP contribution in [0.5, 0.6) is 0 Å². The summed E-state index contributed by atoms with van der Waals surface area (Å²) in [6, 6.07) is 10.3. The molecule has 21 heavy (non-hydrogen) atoms. The molecule has 0 saturated heterocycles. The Bertz CT molecular complexity index is 392. The third-order valence-electron chi connectivity index (χ3n) is 3.17. The van der Waals surface area contributed by atoms with Crippen LogP contribution >= 0.6 is 0 Å². The Morgan fingerprint density at radius 1 is 1.19 bits per heavy atom. The summed E-state index contributed by atoms with van der Waals surface area (Å²) in [5, 5.41) is 3.19. The van der Waals surface area contributed by atoms with E-state index in [0.717, 1.165) is 12.8 Å². The minimum atomic E-state index is -0.288. The van der Waals surface area contributed by atoms with Gasteiger partial charge in [0.05, 0.1) is 7.11 Å². The van der Waals surface area contributed by atoms with E-state index in [4.69, 9.17) is 9.47 Å². The highest BCUT2D eigenvalue weighted by Crippen LogP contribution is 2.03. The van der Waals surface area contributed by atoms with E-state index in [1.807, 2.05) is 19.9 Å². The lowest BCUT2D eigenvalue weighted by atomic mass is 10.1. The van der Waals surface area contributed by atoms with Crippen LogP contribution in [0.15, 0.2) is 30.3 Å². The van der Waals surface area contributed by atoms with Crippen molar-refractivity contribution in [3.63, 3.8) is 0 Å². The molecule has 118 valence electrons. The number of ether oxygens (including phenoxy) is 2. The maximum atomic E-state index is 11.6. The molecule has 0 fully saturated rings. The summed E-state index contributed by atoms with van der Waals surface area (Å²) in [6.07, 6.45) is 2.65. The standard InChI is InChI=1S/C17H27NO3/c1-14(2)18-16(17(19)20-3)11-13-21-12-7-10-15-8-5-4-6-9-15/h4-6,8-9,14,16,18H,7,10-13H2,1-3H3. The topological polar surface area (TPSA) is 47.6 Å². The van der Waals surface area contributed by atoms with Crippen LogP contribution in [-0.2, 0) is 20.7 Å². The van der Waals surface area contributed by atoms with Crippen molar-refractivity contribution in [3.8, 4) is 0 Å². The lowest BCUT2D eigenvalue weighted by Gasteiger charge is -2.18. The number of esters is 1. The van der Waals surface area contributed by atoms with Crippen molar-refractivity contribution in [2.45, 2.75) is 45.2 Å². The molecule has 1 aromatic carbocycles. The minimum Gasteiger partial charge on any atom is -0.468 e. The Balaban J connectivity index is 2.15. The molecule has 0 amide bonds. The zero-order valence-corrected chi connectivity index (χ0v) is 13.3. The highest BCUT2D eigenvalue weighted by atomic mass is 16.5. The van der Waals surface area contributed by atoms with Crippen LogP contribution < -0.4 is 5.32 Å². The Kier molecular flexibility index (Phi) is 8.71. The number of methoxy groups -OCH3 is 1. The van der Waals surface area contributed by atoms with Crippen LogP contribution in [-0.4, -0.2) is 38.4 Å². The monoisotopic (exact) mass is 293 g/mol. The van der Waals surface area contributed by atoms with Gasteiger partial charge in [-0.15, -0.1) is 0 Å². The van der Waals surface area contributed by atoms with Crippen LogP contribution in [0.25, 0.3) is 0 Å². The molecule has 0 heterocycles. The number of benzene rings is 1. The molecule has 1 N–H and O–H groups in total. The van der Waals surface area contributed by atoms with Crippen LogP contribution in [0.2, 0.25) is 0 Å². The summed E-state index contributed by atoms with van der Waals surface area (Å²) in [7, 11) is 1.41. The molecule has 4 heteroatoms. The number of carbonyl (C=O) groups excluding carboxylic acids is 1. The van der Waals surface area contributed by atoms with Gasteiger partial charge in [0.15, 0.2) is 0 Å². The smallest absolute Gasteiger partial charge is 0.322 e. The van der Waals surface area contributed by atoms with Gasteiger partial charge < -0.3 is 14.8 Å². The quantitative estimate of drug-likeness (QED) is 0.532. The van der Waals surface area contributed by atoms with Gasteiger partial charge in [0.2, 0.25) is 0 Å². The van der Waals surface area contributed by atoms with Gasteiger partial charge >= 0.3 is 5.97 Å². The van der Waals surface area contributed by atoms with E-state index in [2.05, 4.69) is 29.6 Å². The zero-order chi connectivity index (χ0) is 15.5. The third-order valence-corrected chi connectivity index (χ3v) is 3.17. The first-order valence-electron chi connectivity index (χ1n) is 7.59. The fourth-order valence-corrected chi connectivity index (χ4v) is 2.14. The van der Waals surface area contributed by atoms with E-state index in [9.17, 15) is 4.79 Å². The Hall–Kier alpha value is -1.39. The van der Waals surface area contributed by atoms with E-state index in [1.54, 1.807) is 0 Å². The lowest BCUT2D eigenvalue weighted by molar-refractivity contribution is -0.143. The maximum absolute atomic E-state index is 11.6. The summed E-state index contributed by atoms with van der Waals surface area (Å²) < 4.78 is 10.4. The molecule has 0 saturated carbocycles. The van der Waals surface area contributed by atoms with Gasteiger partial charge in [0.25, 0.3) is 0 Å². The number of hydrogen-bond donors (Lipinski definition) is 1. The molecule has 0 aliphatic rings. The number of hydrogen-bond acceptors (Lipinski definition) is 4. The summed E-state index contributed by atoms with van der Waals surface area (Å²) in [5.41, 5.74) is 1.33. The SMILES string of the molecule is COC(=O)C(CCOCCCc1ccccc1)NC(C)C. The predicted molar refractivity (Wildman–Crippen MR) is 84.3 cm³/mol. The number of rotatable bonds is 10. The highest BCUT2D eigenvalue weighted by molar-refractivity contribution is 5.75. The van der Waals surface area contributed by atoms with Crippen LogP contribution in [0.4, 0.5) is 0 Å². The van der Waals surface area contributed by atoms with Crippen molar-refractivity contribution >= 4 is 5.97 Å². The molecule has 0 aromatic heterocycles. The first-order valence-corrected chi connectivity index (χ1v) is 7.59. The van der Waals surface area contributed by atoms with E-state index in [1.165, 1.54) is 12.7 Å². The fraction of sp³-hybridized carbons (Fsp3) is 0.588. The van der Waals surface area contributed by atoms with Crippen molar-refractivity contribution in [2.75, 3.05) is 20.3 Å². The van der Waals surface area contributed by atoms with Crippen molar-refractivity contribution in [3.05, 3.63) is 35.9 Å². The van der Waals surface area contributed by atoms with E-state index < -0.39 is 0 Å².